The van der Waals surface area contributed by atoms with Gasteiger partial charge >= 0.3 is 0 Å². The predicted octanol–water partition coefficient (Wildman–Crippen LogP) is 3.78. The molecule has 4 unspecified atom stereocenters. The van der Waals surface area contributed by atoms with Crippen molar-refractivity contribution >= 4 is 23.5 Å². The highest BCUT2D eigenvalue weighted by Crippen LogP contribution is 2.41. The minimum atomic E-state index is 0.773. The van der Waals surface area contributed by atoms with Crippen molar-refractivity contribution in [1.82, 2.24) is 5.32 Å². The Hall–Kier alpha value is 0.660. The van der Waals surface area contributed by atoms with Gasteiger partial charge in [-0.2, -0.15) is 23.5 Å². The summed E-state index contributed by atoms with van der Waals surface area (Å²) in [6.45, 7) is 8.18. The van der Waals surface area contributed by atoms with Crippen LogP contribution in [0, 0.1) is 5.92 Å². The summed E-state index contributed by atoms with van der Waals surface area (Å²) in [4.78, 5) is 0. The Bertz CT molecular complexity index is 228. The van der Waals surface area contributed by atoms with E-state index in [9.17, 15) is 0 Å². The minimum Gasteiger partial charge on any atom is -0.313 e. The van der Waals surface area contributed by atoms with Gasteiger partial charge in [0.15, 0.2) is 0 Å². The predicted molar refractivity (Wildman–Crippen MR) is 82.2 cm³/mol. The van der Waals surface area contributed by atoms with E-state index in [4.69, 9.17) is 0 Å². The van der Waals surface area contributed by atoms with E-state index in [2.05, 4.69) is 49.6 Å². The molecule has 0 radical (unpaired) electrons. The van der Waals surface area contributed by atoms with E-state index in [0.29, 0.717) is 0 Å². The van der Waals surface area contributed by atoms with Gasteiger partial charge in [0.05, 0.1) is 0 Å². The van der Waals surface area contributed by atoms with E-state index in [1.807, 2.05) is 0 Å². The van der Waals surface area contributed by atoms with Crippen LogP contribution in [0.3, 0.4) is 0 Å². The molecule has 1 heterocycles. The van der Waals surface area contributed by atoms with Crippen LogP contribution in [-0.4, -0.2) is 34.1 Å². The first-order valence-electron chi connectivity index (χ1n) is 7.22. The molecule has 0 bridgehead atoms. The normalized spacial score (nSPS) is 37.2. The summed E-state index contributed by atoms with van der Waals surface area (Å²) >= 11 is 4.43. The number of thioether (sulfide) groups is 2. The van der Waals surface area contributed by atoms with Crippen LogP contribution in [0.2, 0.25) is 0 Å². The van der Waals surface area contributed by atoms with Crippen LogP contribution >= 0.6 is 23.5 Å². The van der Waals surface area contributed by atoms with Crippen LogP contribution in [-0.2, 0) is 0 Å². The monoisotopic (exact) mass is 273 g/mol. The Morgan fingerprint density at radius 3 is 2.47 bits per heavy atom. The van der Waals surface area contributed by atoms with Crippen LogP contribution in [0.1, 0.15) is 46.5 Å². The van der Waals surface area contributed by atoms with E-state index in [0.717, 1.165) is 34.3 Å². The smallest absolute Gasteiger partial charge is 0.0297 e. The lowest BCUT2D eigenvalue weighted by Gasteiger charge is -2.38. The third-order valence-electron chi connectivity index (χ3n) is 4.32. The molecule has 4 atom stereocenters. The second-order valence-corrected chi connectivity index (χ2v) is 8.58. The molecule has 2 rings (SSSR count). The maximum atomic E-state index is 3.80. The molecule has 3 heteroatoms. The Morgan fingerprint density at radius 1 is 1.18 bits per heavy atom. The first-order chi connectivity index (χ1) is 8.22. The second-order valence-electron chi connectivity index (χ2n) is 5.55. The number of nitrogens with one attached hydrogen (secondary N) is 1. The van der Waals surface area contributed by atoms with Crippen LogP contribution in [0.15, 0.2) is 0 Å². The average molecular weight is 274 g/mol. The van der Waals surface area contributed by atoms with Crippen molar-refractivity contribution in [1.29, 1.82) is 0 Å². The van der Waals surface area contributed by atoms with Gasteiger partial charge < -0.3 is 5.32 Å². The van der Waals surface area contributed by atoms with Crippen molar-refractivity contribution in [2.24, 2.45) is 5.92 Å². The zero-order valence-electron chi connectivity index (χ0n) is 11.4. The third-order valence-corrected chi connectivity index (χ3v) is 7.84. The molecular formula is C14H27NS2. The fourth-order valence-electron chi connectivity index (χ4n) is 3.15. The average Bonchev–Trinajstić information content (AvgIpc) is 2.83. The number of hydrogen-bond acceptors (Lipinski definition) is 3. The summed E-state index contributed by atoms with van der Waals surface area (Å²) < 4.78 is 0. The lowest BCUT2D eigenvalue weighted by atomic mass is 9.95. The van der Waals surface area contributed by atoms with Crippen molar-refractivity contribution < 1.29 is 0 Å². The van der Waals surface area contributed by atoms with Crippen molar-refractivity contribution in [3.8, 4) is 0 Å². The maximum absolute atomic E-state index is 3.80. The van der Waals surface area contributed by atoms with Gasteiger partial charge in [0.1, 0.15) is 0 Å². The fourth-order valence-corrected chi connectivity index (χ4v) is 6.36. The van der Waals surface area contributed by atoms with Crippen LogP contribution in [0.5, 0.6) is 0 Å². The van der Waals surface area contributed by atoms with Gasteiger partial charge in [-0.15, -0.1) is 0 Å². The zero-order valence-corrected chi connectivity index (χ0v) is 13.1. The number of rotatable bonds is 4. The molecule has 17 heavy (non-hydrogen) atoms. The molecule has 2 aliphatic rings. The zero-order chi connectivity index (χ0) is 12.3. The molecule has 0 aromatic carbocycles. The molecule has 1 aliphatic heterocycles. The summed E-state index contributed by atoms with van der Waals surface area (Å²) in [7, 11) is 0. The van der Waals surface area contributed by atoms with Crippen molar-refractivity contribution in [3.63, 3.8) is 0 Å². The highest BCUT2D eigenvalue weighted by molar-refractivity contribution is 8.07. The van der Waals surface area contributed by atoms with Crippen molar-refractivity contribution in [2.45, 2.75) is 68.2 Å². The van der Waals surface area contributed by atoms with Crippen LogP contribution in [0.25, 0.3) is 0 Å². The largest absolute Gasteiger partial charge is 0.313 e. The van der Waals surface area contributed by atoms with E-state index in [1.54, 1.807) is 0 Å². The van der Waals surface area contributed by atoms with Crippen molar-refractivity contribution in [2.75, 3.05) is 12.3 Å². The topological polar surface area (TPSA) is 12.0 Å². The number of hydrogen-bond donors (Lipinski definition) is 1. The van der Waals surface area contributed by atoms with E-state index < -0.39 is 0 Å². The molecule has 1 aliphatic carbocycles. The third kappa shape index (κ3) is 3.57. The summed E-state index contributed by atoms with van der Waals surface area (Å²) in [5.74, 6) is 2.30. The van der Waals surface area contributed by atoms with E-state index >= 15 is 0 Å². The molecule has 1 saturated carbocycles. The quantitative estimate of drug-likeness (QED) is 0.837. The van der Waals surface area contributed by atoms with Gasteiger partial charge in [-0.3, -0.25) is 0 Å². The summed E-state index contributed by atoms with van der Waals surface area (Å²) in [6, 6.07) is 0.773. The molecule has 1 saturated heterocycles. The minimum absolute atomic E-state index is 0.773. The summed E-state index contributed by atoms with van der Waals surface area (Å²) in [5, 5.41) is 6.29. The molecule has 0 spiro atoms. The van der Waals surface area contributed by atoms with Gasteiger partial charge in [0, 0.05) is 27.5 Å². The van der Waals surface area contributed by atoms with E-state index in [1.165, 1.54) is 31.4 Å². The SMILES string of the molecule is CCNC(C1CCCC1)C1CSC(C)C(C)S1. The Kier molecular flexibility index (Phi) is 5.56. The molecule has 0 aromatic heterocycles. The van der Waals surface area contributed by atoms with Crippen LogP contribution < -0.4 is 5.32 Å². The van der Waals surface area contributed by atoms with Gasteiger partial charge in [0.2, 0.25) is 0 Å². The maximum Gasteiger partial charge on any atom is 0.0297 e. The molecule has 0 aromatic rings. The molecule has 100 valence electrons. The summed E-state index contributed by atoms with van der Waals surface area (Å²) in [5.41, 5.74) is 0. The highest BCUT2D eigenvalue weighted by Gasteiger charge is 2.35. The van der Waals surface area contributed by atoms with E-state index in [-0.39, 0.29) is 0 Å². The Labute approximate surface area is 115 Å². The fraction of sp³-hybridized carbons (Fsp3) is 1.00. The molecule has 1 nitrogen and oxygen atoms in total. The van der Waals surface area contributed by atoms with Gasteiger partial charge in [-0.25, -0.2) is 0 Å². The van der Waals surface area contributed by atoms with Gasteiger partial charge in [0.25, 0.3) is 0 Å². The first-order valence-corrected chi connectivity index (χ1v) is 9.22. The van der Waals surface area contributed by atoms with Crippen molar-refractivity contribution in [3.05, 3.63) is 0 Å². The summed E-state index contributed by atoms with van der Waals surface area (Å²) in [6.07, 6.45) is 5.85. The Balaban J connectivity index is 1.95. The lowest BCUT2D eigenvalue weighted by Crippen LogP contribution is -2.47. The molecule has 0 amide bonds. The van der Waals surface area contributed by atoms with Crippen LogP contribution in [0.4, 0.5) is 0 Å². The molecule has 2 fully saturated rings. The molecule has 1 N–H and O–H groups in total. The van der Waals surface area contributed by atoms with Gasteiger partial charge in [-0.05, 0) is 25.3 Å². The lowest BCUT2D eigenvalue weighted by molar-refractivity contribution is 0.363. The standard InChI is InChI=1S/C14H27NS2/c1-4-15-14(12-7-5-6-8-12)13-9-16-10(2)11(3)17-13/h10-15H,4-9H2,1-3H3. The first kappa shape index (κ1) is 14.1. The molecular weight excluding hydrogens is 246 g/mol. The van der Waals surface area contributed by atoms with Gasteiger partial charge in [-0.1, -0.05) is 33.6 Å². The Morgan fingerprint density at radius 2 is 1.88 bits per heavy atom. The second kappa shape index (κ2) is 6.72. The highest BCUT2D eigenvalue weighted by atomic mass is 32.2.